The fourth-order valence-electron chi connectivity index (χ4n) is 4.77. The zero-order valence-corrected chi connectivity index (χ0v) is 19.4. The molecule has 1 saturated carbocycles. The molecule has 1 unspecified atom stereocenters. The molecule has 33 heavy (non-hydrogen) atoms. The van der Waals surface area contributed by atoms with E-state index in [1.165, 1.54) is 14.2 Å². The van der Waals surface area contributed by atoms with Crippen molar-refractivity contribution in [3.05, 3.63) is 53.9 Å². The quantitative estimate of drug-likeness (QED) is 0.723. The van der Waals surface area contributed by atoms with Gasteiger partial charge >= 0.3 is 0 Å². The Kier molecular flexibility index (Phi) is 6.83. The summed E-state index contributed by atoms with van der Waals surface area (Å²) in [6.07, 6.45) is 6.62. The molecular weight excluding hydrogens is 422 g/mol. The van der Waals surface area contributed by atoms with Crippen LogP contribution in [0.3, 0.4) is 0 Å². The molecule has 1 aliphatic heterocycles. The van der Waals surface area contributed by atoms with Crippen molar-refractivity contribution in [3.63, 3.8) is 0 Å². The maximum absolute atomic E-state index is 14.0. The SMILES string of the molecule is COc1cccc(OC)c1C(=O)N1C(C(=O)NCc2cccnc2)COC12CCC(C)CC2. The van der Waals surface area contributed by atoms with Crippen molar-refractivity contribution in [3.8, 4) is 11.5 Å². The van der Waals surface area contributed by atoms with Crippen LogP contribution in [0.4, 0.5) is 0 Å². The first-order valence-corrected chi connectivity index (χ1v) is 11.3. The number of aromatic nitrogens is 1. The molecular formula is C25H31N3O5. The normalized spacial score (nSPS) is 24.5. The Morgan fingerprint density at radius 3 is 2.45 bits per heavy atom. The van der Waals surface area contributed by atoms with Crippen LogP contribution in [0.1, 0.15) is 48.5 Å². The van der Waals surface area contributed by atoms with E-state index in [-0.39, 0.29) is 18.4 Å². The molecule has 1 atom stereocenters. The molecule has 0 radical (unpaired) electrons. The van der Waals surface area contributed by atoms with Gasteiger partial charge in [0.2, 0.25) is 5.91 Å². The van der Waals surface area contributed by atoms with Gasteiger partial charge in [-0.3, -0.25) is 19.5 Å². The number of hydrogen-bond acceptors (Lipinski definition) is 6. The molecule has 1 spiro atoms. The van der Waals surface area contributed by atoms with Crippen molar-refractivity contribution in [2.24, 2.45) is 5.92 Å². The van der Waals surface area contributed by atoms with Crippen LogP contribution in [0.15, 0.2) is 42.7 Å². The van der Waals surface area contributed by atoms with Crippen molar-refractivity contribution in [2.45, 2.75) is 50.9 Å². The van der Waals surface area contributed by atoms with Crippen LogP contribution in [0, 0.1) is 5.92 Å². The van der Waals surface area contributed by atoms with Gasteiger partial charge in [-0.25, -0.2) is 0 Å². The Morgan fingerprint density at radius 2 is 1.85 bits per heavy atom. The lowest BCUT2D eigenvalue weighted by Gasteiger charge is -2.43. The molecule has 1 saturated heterocycles. The number of rotatable bonds is 6. The highest BCUT2D eigenvalue weighted by atomic mass is 16.5. The molecule has 2 fully saturated rings. The van der Waals surface area contributed by atoms with E-state index in [4.69, 9.17) is 14.2 Å². The van der Waals surface area contributed by atoms with Crippen LogP contribution >= 0.6 is 0 Å². The lowest BCUT2D eigenvalue weighted by molar-refractivity contribution is -0.128. The van der Waals surface area contributed by atoms with Gasteiger partial charge in [0.05, 0.1) is 20.8 Å². The summed E-state index contributed by atoms with van der Waals surface area (Å²) in [6, 6.07) is 8.18. The molecule has 1 aliphatic carbocycles. The average Bonchev–Trinajstić information content (AvgIpc) is 3.23. The number of carbonyl (C=O) groups is 2. The molecule has 2 aliphatic rings. The van der Waals surface area contributed by atoms with Crippen LogP contribution in [0.5, 0.6) is 11.5 Å². The van der Waals surface area contributed by atoms with Gasteiger partial charge in [0.25, 0.3) is 5.91 Å². The first-order chi connectivity index (χ1) is 16.0. The molecule has 8 heteroatoms. The van der Waals surface area contributed by atoms with Crippen molar-refractivity contribution < 1.29 is 23.8 Å². The first-order valence-electron chi connectivity index (χ1n) is 11.3. The summed E-state index contributed by atoms with van der Waals surface area (Å²) in [5.74, 6) is 0.782. The molecule has 2 heterocycles. The highest BCUT2D eigenvalue weighted by Crippen LogP contribution is 2.44. The fraction of sp³-hybridized carbons (Fsp3) is 0.480. The molecule has 1 aromatic heterocycles. The predicted molar refractivity (Wildman–Crippen MR) is 122 cm³/mol. The molecule has 176 valence electrons. The number of pyridine rings is 1. The number of hydrogen-bond donors (Lipinski definition) is 1. The van der Waals surface area contributed by atoms with Gasteiger partial charge in [-0.15, -0.1) is 0 Å². The van der Waals surface area contributed by atoms with E-state index in [1.807, 2.05) is 12.1 Å². The van der Waals surface area contributed by atoms with Gasteiger partial charge in [-0.2, -0.15) is 0 Å². The Hall–Kier alpha value is -3.13. The number of nitrogens with zero attached hydrogens (tertiary/aromatic N) is 2. The van der Waals surface area contributed by atoms with Crippen LogP contribution in [0.25, 0.3) is 0 Å². The maximum Gasteiger partial charge on any atom is 0.264 e. The lowest BCUT2D eigenvalue weighted by atomic mass is 9.83. The zero-order chi connectivity index (χ0) is 23.4. The van der Waals surface area contributed by atoms with E-state index in [9.17, 15) is 9.59 Å². The Labute approximate surface area is 194 Å². The second-order valence-corrected chi connectivity index (χ2v) is 8.75. The number of amides is 2. The van der Waals surface area contributed by atoms with Crippen LogP contribution in [-0.4, -0.2) is 54.3 Å². The third-order valence-corrected chi connectivity index (χ3v) is 6.67. The van der Waals surface area contributed by atoms with Gasteiger partial charge in [0.1, 0.15) is 28.8 Å². The fourth-order valence-corrected chi connectivity index (χ4v) is 4.77. The zero-order valence-electron chi connectivity index (χ0n) is 19.4. The van der Waals surface area contributed by atoms with Gasteiger partial charge in [-0.05, 0) is 55.4 Å². The summed E-state index contributed by atoms with van der Waals surface area (Å²) >= 11 is 0. The predicted octanol–water partition coefficient (Wildman–Crippen LogP) is 3.16. The van der Waals surface area contributed by atoms with Gasteiger partial charge in [0.15, 0.2) is 0 Å². The van der Waals surface area contributed by atoms with E-state index in [0.717, 1.165) is 18.4 Å². The molecule has 4 rings (SSSR count). The summed E-state index contributed by atoms with van der Waals surface area (Å²) < 4.78 is 17.2. The monoisotopic (exact) mass is 453 g/mol. The minimum Gasteiger partial charge on any atom is -0.496 e. The van der Waals surface area contributed by atoms with E-state index < -0.39 is 11.8 Å². The summed E-state index contributed by atoms with van der Waals surface area (Å²) in [7, 11) is 3.03. The van der Waals surface area contributed by atoms with Crippen molar-refractivity contribution in [2.75, 3.05) is 20.8 Å². The molecule has 1 aromatic carbocycles. The molecule has 0 bridgehead atoms. The molecule has 1 N–H and O–H groups in total. The van der Waals surface area contributed by atoms with E-state index in [0.29, 0.717) is 42.4 Å². The molecule has 2 amide bonds. The third kappa shape index (κ3) is 4.53. The Morgan fingerprint density at radius 1 is 1.15 bits per heavy atom. The van der Waals surface area contributed by atoms with Crippen molar-refractivity contribution in [1.82, 2.24) is 15.2 Å². The number of benzene rings is 1. The van der Waals surface area contributed by atoms with Gasteiger partial charge in [-0.1, -0.05) is 19.1 Å². The molecule has 2 aromatic rings. The minimum atomic E-state index is -0.814. The highest BCUT2D eigenvalue weighted by molar-refractivity contribution is 6.02. The minimum absolute atomic E-state index is 0.149. The van der Waals surface area contributed by atoms with Gasteiger partial charge < -0.3 is 19.5 Å². The van der Waals surface area contributed by atoms with E-state index >= 15 is 0 Å². The van der Waals surface area contributed by atoms with Crippen LogP contribution in [0.2, 0.25) is 0 Å². The number of methoxy groups -OCH3 is 2. The van der Waals surface area contributed by atoms with Crippen LogP contribution < -0.4 is 14.8 Å². The summed E-state index contributed by atoms with van der Waals surface area (Å²) in [5.41, 5.74) is 0.373. The van der Waals surface area contributed by atoms with E-state index in [2.05, 4.69) is 17.2 Å². The average molecular weight is 454 g/mol. The lowest BCUT2D eigenvalue weighted by Crippen LogP contribution is -2.56. The second kappa shape index (κ2) is 9.79. The van der Waals surface area contributed by atoms with E-state index in [1.54, 1.807) is 35.5 Å². The largest absolute Gasteiger partial charge is 0.496 e. The standard InChI is InChI=1S/C25H31N3O5/c1-17-9-11-25(12-10-17)28(24(30)22-20(31-2)7-4-8-21(22)32-3)19(16-33-25)23(29)27-15-18-6-5-13-26-14-18/h4-8,13-14,17,19H,9-12,15-16H2,1-3H3,(H,27,29). The third-order valence-electron chi connectivity index (χ3n) is 6.67. The van der Waals surface area contributed by atoms with Crippen LogP contribution in [-0.2, 0) is 16.1 Å². The number of carbonyl (C=O) groups excluding carboxylic acids is 2. The highest BCUT2D eigenvalue weighted by Gasteiger charge is 2.54. The Bertz CT molecular complexity index is 967. The smallest absolute Gasteiger partial charge is 0.264 e. The van der Waals surface area contributed by atoms with Crippen molar-refractivity contribution in [1.29, 1.82) is 0 Å². The number of nitrogens with one attached hydrogen (secondary N) is 1. The maximum atomic E-state index is 14.0. The summed E-state index contributed by atoms with van der Waals surface area (Å²) in [6.45, 7) is 2.68. The second-order valence-electron chi connectivity index (χ2n) is 8.75. The number of ether oxygens (including phenoxy) is 3. The van der Waals surface area contributed by atoms with Gasteiger partial charge in [0, 0.05) is 18.9 Å². The summed E-state index contributed by atoms with van der Waals surface area (Å²) in [5, 5.41) is 2.95. The molecule has 8 nitrogen and oxygen atoms in total. The first kappa shape index (κ1) is 23.0. The van der Waals surface area contributed by atoms with Crippen molar-refractivity contribution >= 4 is 11.8 Å². The topological polar surface area (TPSA) is 90.0 Å². The summed E-state index contributed by atoms with van der Waals surface area (Å²) in [4.78, 5) is 33.1. The Balaban J connectivity index is 1.66.